The zero-order chi connectivity index (χ0) is 27.0. The van der Waals surface area contributed by atoms with Crippen LogP contribution in [0.1, 0.15) is 81.6 Å². The Kier molecular flexibility index (Phi) is 13.5. The predicted molar refractivity (Wildman–Crippen MR) is 158 cm³/mol. The molecular formula is C31H42ClN2O3S+. The zero-order valence-electron chi connectivity index (χ0n) is 22.8. The number of thiazole rings is 1. The van der Waals surface area contributed by atoms with Crippen LogP contribution in [0.2, 0.25) is 5.02 Å². The van der Waals surface area contributed by atoms with Crippen molar-refractivity contribution in [2.24, 2.45) is 0 Å². The summed E-state index contributed by atoms with van der Waals surface area (Å²) in [6, 6.07) is 13.1. The van der Waals surface area contributed by atoms with Gasteiger partial charge in [-0.3, -0.25) is 4.79 Å². The number of nitrogens with one attached hydrogen (secondary N) is 1. The molecule has 0 bridgehead atoms. The van der Waals surface area contributed by atoms with Crippen molar-refractivity contribution >= 4 is 34.5 Å². The van der Waals surface area contributed by atoms with Crippen molar-refractivity contribution in [1.82, 2.24) is 0 Å². The minimum Gasteiger partial charge on any atom is -0.490 e. The van der Waals surface area contributed by atoms with E-state index >= 15 is 0 Å². The number of carbonyl (C=O) groups is 1. The highest BCUT2D eigenvalue weighted by Gasteiger charge is 2.11. The Labute approximate surface area is 237 Å². The summed E-state index contributed by atoms with van der Waals surface area (Å²) in [5.41, 5.74) is 3.96. The van der Waals surface area contributed by atoms with Crippen LogP contribution in [0.15, 0.2) is 54.2 Å². The van der Waals surface area contributed by atoms with Gasteiger partial charge in [0.15, 0.2) is 30.8 Å². The summed E-state index contributed by atoms with van der Waals surface area (Å²) in [5.74, 6) is 0.873. The molecule has 0 fully saturated rings. The van der Waals surface area contributed by atoms with Crippen LogP contribution in [0, 0.1) is 6.92 Å². The lowest BCUT2D eigenvalue weighted by Gasteiger charge is -2.13. The van der Waals surface area contributed by atoms with Gasteiger partial charge in [0, 0.05) is 22.3 Å². The second kappa shape index (κ2) is 17.1. The second-order valence-electron chi connectivity index (χ2n) is 9.79. The van der Waals surface area contributed by atoms with Crippen molar-refractivity contribution < 1.29 is 18.8 Å². The molecule has 0 aliphatic rings. The number of nitrogens with zero attached hydrogens (tertiary/aromatic N) is 1. The van der Waals surface area contributed by atoms with Crippen LogP contribution in [0.4, 0.5) is 5.69 Å². The van der Waals surface area contributed by atoms with Crippen molar-refractivity contribution in [3.8, 4) is 11.5 Å². The lowest BCUT2D eigenvalue weighted by molar-refractivity contribution is -0.683. The number of unbranched alkanes of at least 4 members (excludes halogenated alkanes) is 9. The molecule has 0 radical (unpaired) electrons. The molecule has 1 amide bonds. The lowest BCUT2D eigenvalue weighted by Crippen LogP contribution is -2.30. The minimum atomic E-state index is -0.225. The van der Waals surface area contributed by atoms with E-state index in [4.69, 9.17) is 21.1 Å². The van der Waals surface area contributed by atoms with Gasteiger partial charge in [-0.15, -0.1) is 0 Å². The van der Waals surface area contributed by atoms with Gasteiger partial charge in [0.1, 0.15) is 0 Å². The van der Waals surface area contributed by atoms with E-state index in [9.17, 15) is 4.79 Å². The number of aromatic nitrogens is 1. The van der Waals surface area contributed by atoms with Crippen molar-refractivity contribution in [3.63, 3.8) is 0 Å². The van der Waals surface area contributed by atoms with E-state index < -0.39 is 0 Å². The first-order valence-corrected chi connectivity index (χ1v) is 15.2. The fourth-order valence-electron chi connectivity index (χ4n) is 4.31. The molecule has 1 aromatic heterocycles. The third kappa shape index (κ3) is 11.4. The first-order chi connectivity index (χ1) is 18.5. The third-order valence-corrected chi connectivity index (χ3v) is 7.41. The molecule has 0 spiro atoms. The highest BCUT2D eigenvalue weighted by Crippen LogP contribution is 2.30. The molecule has 7 heteroatoms. The van der Waals surface area contributed by atoms with Gasteiger partial charge in [-0.25, -0.2) is 0 Å². The van der Waals surface area contributed by atoms with Crippen LogP contribution in [-0.2, 0) is 11.3 Å². The summed E-state index contributed by atoms with van der Waals surface area (Å²) in [6.07, 6.45) is 14.9. The Morgan fingerprint density at radius 1 is 0.921 bits per heavy atom. The molecule has 1 N–H and O–H groups in total. The summed E-state index contributed by atoms with van der Waals surface area (Å²) in [5, 5.41) is 3.51. The van der Waals surface area contributed by atoms with E-state index in [1.807, 2.05) is 18.2 Å². The number of aryl methyl sites for hydroxylation is 1. The number of carbonyl (C=O) groups excluding carboxylic acids is 1. The number of halogens is 1. The lowest BCUT2D eigenvalue weighted by atomic mass is 10.1. The largest absolute Gasteiger partial charge is 0.490 e. The van der Waals surface area contributed by atoms with Crippen LogP contribution in [-0.4, -0.2) is 19.1 Å². The van der Waals surface area contributed by atoms with Gasteiger partial charge in [0.05, 0.1) is 11.5 Å². The Morgan fingerprint density at radius 3 is 2.37 bits per heavy atom. The second-order valence-corrected chi connectivity index (χ2v) is 11.3. The van der Waals surface area contributed by atoms with Crippen LogP contribution in [0.5, 0.6) is 11.5 Å². The molecule has 3 rings (SSSR count). The number of hydrogen-bond donors (Lipinski definition) is 1. The molecule has 3 aromatic rings. The highest BCUT2D eigenvalue weighted by molar-refractivity contribution is 7.09. The Bertz CT molecular complexity index is 1120. The number of ether oxygens (including phenoxy) is 2. The topological polar surface area (TPSA) is 51.4 Å². The molecule has 0 saturated heterocycles. The minimum absolute atomic E-state index is 0.112. The molecule has 2 aromatic carbocycles. The van der Waals surface area contributed by atoms with Crippen molar-refractivity contribution in [2.45, 2.75) is 84.6 Å². The molecule has 1 heterocycles. The van der Waals surface area contributed by atoms with E-state index in [1.54, 1.807) is 29.5 Å². The predicted octanol–water partition coefficient (Wildman–Crippen LogP) is 8.36. The SMILES string of the molecule is CCCCCCCCCCCCOc1cc(Cl)ccc1OCC(=O)Nc1cccc(C[n+]2csc(C)c2)c1. The molecule has 5 nitrogen and oxygen atoms in total. The van der Waals surface area contributed by atoms with Gasteiger partial charge in [0.25, 0.3) is 5.91 Å². The molecule has 0 unspecified atom stereocenters. The third-order valence-electron chi connectivity index (χ3n) is 6.32. The van der Waals surface area contributed by atoms with Crippen molar-refractivity contribution in [3.05, 3.63) is 69.6 Å². The first-order valence-electron chi connectivity index (χ1n) is 13.9. The van der Waals surface area contributed by atoms with Crippen LogP contribution >= 0.6 is 22.9 Å². The van der Waals surface area contributed by atoms with E-state index in [2.05, 4.69) is 41.5 Å². The molecule has 38 heavy (non-hydrogen) atoms. The summed E-state index contributed by atoms with van der Waals surface area (Å²) in [4.78, 5) is 13.9. The van der Waals surface area contributed by atoms with Crippen molar-refractivity contribution in [1.29, 1.82) is 0 Å². The number of benzene rings is 2. The van der Waals surface area contributed by atoms with E-state index in [-0.39, 0.29) is 12.5 Å². The average Bonchev–Trinajstić information content (AvgIpc) is 3.31. The summed E-state index contributed by atoms with van der Waals surface area (Å²) >= 11 is 7.90. The normalized spacial score (nSPS) is 10.9. The van der Waals surface area contributed by atoms with Gasteiger partial charge in [-0.2, -0.15) is 4.57 Å². The number of amides is 1. The number of rotatable bonds is 18. The van der Waals surface area contributed by atoms with Crippen LogP contribution < -0.4 is 19.4 Å². The fourth-order valence-corrected chi connectivity index (χ4v) is 5.11. The van der Waals surface area contributed by atoms with E-state index in [1.165, 1.54) is 56.2 Å². The van der Waals surface area contributed by atoms with E-state index in [0.717, 1.165) is 30.6 Å². The van der Waals surface area contributed by atoms with Gasteiger partial charge in [-0.05, 0) is 37.6 Å². The molecule has 206 valence electrons. The Balaban J connectivity index is 1.38. The van der Waals surface area contributed by atoms with Gasteiger partial charge < -0.3 is 14.8 Å². The smallest absolute Gasteiger partial charge is 0.262 e. The number of hydrogen-bond acceptors (Lipinski definition) is 4. The molecule has 0 aliphatic heterocycles. The summed E-state index contributed by atoms with van der Waals surface area (Å²) in [7, 11) is 0. The van der Waals surface area contributed by atoms with Gasteiger partial charge in [-0.1, -0.05) is 99.8 Å². The maximum Gasteiger partial charge on any atom is 0.262 e. The maximum absolute atomic E-state index is 12.6. The van der Waals surface area contributed by atoms with Gasteiger partial charge in [0.2, 0.25) is 5.51 Å². The standard InChI is InChI=1S/C31H41ClN2O3S/c1-3-4-5-6-7-8-9-10-11-12-18-36-30-20-27(32)16-17-29(30)37-23-31(35)33-28-15-13-14-26(19-28)22-34-21-25(2)38-24-34/h13-17,19-21,24H,3-12,18,22-23H2,1-2H3/p+1. The van der Waals surface area contributed by atoms with Gasteiger partial charge >= 0.3 is 0 Å². The van der Waals surface area contributed by atoms with Crippen LogP contribution in [0.3, 0.4) is 0 Å². The monoisotopic (exact) mass is 557 g/mol. The molecular weight excluding hydrogens is 516 g/mol. The molecule has 0 aliphatic carbocycles. The summed E-state index contributed by atoms with van der Waals surface area (Å²) < 4.78 is 13.9. The maximum atomic E-state index is 12.6. The van der Waals surface area contributed by atoms with Crippen molar-refractivity contribution in [2.75, 3.05) is 18.5 Å². The van der Waals surface area contributed by atoms with E-state index in [0.29, 0.717) is 23.1 Å². The summed E-state index contributed by atoms with van der Waals surface area (Å²) in [6.45, 7) is 5.60. The quantitative estimate of drug-likeness (QED) is 0.126. The fraction of sp³-hybridized carbons (Fsp3) is 0.484. The zero-order valence-corrected chi connectivity index (χ0v) is 24.4. The Morgan fingerprint density at radius 2 is 1.66 bits per heavy atom. The Hall–Kier alpha value is -2.57. The first kappa shape index (κ1) is 30.0. The highest BCUT2D eigenvalue weighted by atomic mass is 35.5. The average molecular weight is 558 g/mol. The molecule has 0 saturated carbocycles. The number of anilines is 1. The molecule has 0 atom stereocenters. The van der Waals surface area contributed by atoms with Crippen LogP contribution in [0.25, 0.3) is 0 Å².